The Bertz CT molecular complexity index is 1240. The smallest absolute Gasteiger partial charge is 0.414 e. The molecule has 1 aromatic carbocycles. The number of thiophene rings is 1. The van der Waals surface area contributed by atoms with E-state index in [9.17, 15) is 24.0 Å². The Balaban J connectivity index is 1.42. The number of imide groups is 1. The second-order valence-electron chi connectivity index (χ2n) is 8.80. The molecule has 0 saturated carbocycles. The highest BCUT2D eigenvalue weighted by Crippen LogP contribution is 2.27. The lowest BCUT2D eigenvalue weighted by Gasteiger charge is -2.27. The van der Waals surface area contributed by atoms with Gasteiger partial charge in [0, 0.05) is 30.9 Å². The molecule has 12 nitrogen and oxygen atoms in total. The number of nitrogens with two attached hydrogens (primary N) is 1. The average molecular weight is 578 g/mol. The van der Waals surface area contributed by atoms with Crippen molar-refractivity contribution in [2.45, 2.75) is 18.9 Å². The second kappa shape index (κ2) is 13.0. The van der Waals surface area contributed by atoms with E-state index in [1.807, 2.05) is 0 Å². The number of cyclic esters (lactones) is 1. The first kappa shape index (κ1) is 28.5. The summed E-state index contributed by atoms with van der Waals surface area (Å²) in [6.45, 7) is 0.951. The van der Waals surface area contributed by atoms with Gasteiger partial charge < -0.3 is 25.4 Å². The molecule has 2 saturated heterocycles. The Hall–Kier alpha value is -3.52. The predicted octanol–water partition coefficient (Wildman–Crippen LogP) is 1.61. The number of benzene rings is 1. The van der Waals surface area contributed by atoms with E-state index in [-0.39, 0.29) is 55.9 Å². The van der Waals surface area contributed by atoms with Crippen molar-refractivity contribution in [3.63, 3.8) is 0 Å². The van der Waals surface area contributed by atoms with Gasteiger partial charge in [-0.05, 0) is 42.8 Å². The number of hydrogen-bond acceptors (Lipinski definition) is 9. The normalized spacial score (nSPS) is 17.2. The molecule has 2 aliphatic rings. The first-order valence-corrected chi connectivity index (χ1v) is 13.5. The molecule has 2 aromatic rings. The lowest BCUT2D eigenvalue weighted by molar-refractivity contribution is -0.130. The molecule has 2 aliphatic heterocycles. The molecule has 208 valence electrons. The van der Waals surface area contributed by atoms with Gasteiger partial charge in [0.05, 0.1) is 35.5 Å². The molecule has 0 radical (unpaired) electrons. The minimum atomic E-state index is -0.765. The van der Waals surface area contributed by atoms with Gasteiger partial charge in [-0.2, -0.15) is 0 Å². The van der Waals surface area contributed by atoms with Crippen LogP contribution in [0.2, 0.25) is 4.34 Å². The summed E-state index contributed by atoms with van der Waals surface area (Å²) < 4.78 is 11.1. The number of ether oxygens (including phenoxy) is 2. The van der Waals surface area contributed by atoms with Gasteiger partial charge in [-0.3, -0.25) is 29.0 Å². The molecule has 1 atom stereocenters. The summed E-state index contributed by atoms with van der Waals surface area (Å²) in [4.78, 5) is 66.7. The van der Waals surface area contributed by atoms with Crippen LogP contribution in [0.15, 0.2) is 36.4 Å². The third kappa shape index (κ3) is 7.12. The molecule has 39 heavy (non-hydrogen) atoms. The van der Waals surface area contributed by atoms with Crippen molar-refractivity contribution in [1.29, 1.82) is 0 Å². The van der Waals surface area contributed by atoms with Crippen molar-refractivity contribution in [2.75, 3.05) is 55.7 Å². The molecule has 3 heterocycles. The van der Waals surface area contributed by atoms with Crippen molar-refractivity contribution in [2.24, 2.45) is 5.73 Å². The number of rotatable bonds is 10. The number of anilines is 2. The predicted molar refractivity (Wildman–Crippen MR) is 144 cm³/mol. The summed E-state index contributed by atoms with van der Waals surface area (Å²) in [5.74, 6) is -1.50. The molecule has 4 rings (SSSR count). The van der Waals surface area contributed by atoms with Gasteiger partial charge in [0.15, 0.2) is 0 Å². The minimum absolute atomic E-state index is 0.0121. The number of halogens is 1. The van der Waals surface area contributed by atoms with Crippen LogP contribution in [-0.4, -0.2) is 86.7 Å². The van der Waals surface area contributed by atoms with Gasteiger partial charge in [-0.1, -0.05) is 11.6 Å². The van der Waals surface area contributed by atoms with E-state index in [0.717, 1.165) is 16.2 Å². The number of amides is 5. The first-order valence-electron chi connectivity index (χ1n) is 12.3. The first-order chi connectivity index (χ1) is 18.8. The van der Waals surface area contributed by atoms with E-state index in [0.29, 0.717) is 35.3 Å². The molecule has 5 amide bonds. The molecule has 0 bridgehead atoms. The summed E-state index contributed by atoms with van der Waals surface area (Å²) in [5.41, 5.74) is 6.51. The van der Waals surface area contributed by atoms with Gasteiger partial charge >= 0.3 is 6.09 Å². The molecule has 1 aromatic heterocycles. The van der Waals surface area contributed by atoms with Gasteiger partial charge in [0.25, 0.3) is 11.8 Å². The second-order valence-corrected chi connectivity index (χ2v) is 10.5. The van der Waals surface area contributed by atoms with E-state index in [1.165, 1.54) is 11.0 Å². The highest BCUT2D eigenvalue weighted by molar-refractivity contribution is 7.18. The van der Waals surface area contributed by atoms with Gasteiger partial charge in [-0.25, -0.2) is 4.79 Å². The maximum absolute atomic E-state index is 13.2. The number of nitrogens with zero attached hydrogens (tertiary/aromatic N) is 3. The Morgan fingerprint density at radius 2 is 1.82 bits per heavy atom. The molecule has 3 N–H and O–H groups in total. The van der Waals surface area contributed by atoms with E-state index >= 15 is 0 Å². The maximum atomic E-state index is 13.2. The standard InChI is InChI=1S/C25H28ClN5O7S/c26-20-8-7-19(39-20)24(35)31(22(33)2-1-9-28-21(32)12-27)14-18-13-30(25(36)38-18)17-5-3-16(4-6-17)29-10-11-37-15-23(29)34/h3-8,18H,1-2,9-15,27H2,(H,28,32)/t18-/m1/s1. The number of nitrogens with one attached hydrogen (secondary N) is 1. The van der Waals surface area contributed by atoms with Crippen LogP contribution < -0.4 is 20.9 Å². The Labute approximate surface area is 233 Å². The molecule has 0 aliphatic carbocycles. The highest BCUT2D eigenvalue weighted by atomic mass is 35.5. The highest BCUT2D eigenvalue weighted by Gasteiger charge is 2.36. The largest absolute Gasteiger partial charge is 0.442 e. The van der Waals surface area contributed by atoms with Gasteiger partial charge in [0.1, 0.15) is 12.7 Å². The van der Waals surface area contributed by atoms with Crippen molar-refractivity contribution in [3.8, 4) is 0 Å². The number of morpholine rings is 1. The van der Waals surface area contributed by atoms with Crippen LogP contribution in [0, 0.1) is 0 Å². The SMILES string of the molecule is NCC(=O)NCCCC(=O)N(C[C@H]1CN(c2ccc(N3CCOCC3=O)cc2)C(=O)O1)C(=O)c1ccc(Cl)s1. The lowest BCUT2D eigenvalue weighted by atomic mass is 10.2. The van der Waals surface area contributed by atoms with Crippen molar-refractivity contribution < 1.29 is 33.4 Å². The third-order valence-corrected chi connectivity index (χ3v) is 7.34. The van der Waals surface area contributed by atoms with E-state index in [2.05, 4.69) is 5.32 Å². The van der Waals surface area contributed by atoms with E-state index < -0.39 is 24.0 Å². The monoisotopic (exact) mass is 577 g/mol. The Morgan fingerprint density at radius 3 is 2.46 bits per heavy atom. The fraction of sp³-hybridized carbons (Fsp3) is 0.400. The fourth-order valence-electron chi connectivity index (χ4n) is 4.17. The molecular weight excluding hydrogens is 550 g/mol. The zero-order valence-corrected chi connectivity index (χ0v) is 22.5. The van der Waals surface area contributed by atoms with E-state index in [1.54, 1.807) is 35.2 Å². The molecule has 2 fully saturated rings. The summed E-state index contributed by atoms with van der Waals surface area (Å²) in [7, 11) is 0. The summed E-state index contributed by atoms with van der Waals surface area (Å²) >= 11 is 7.03. The van der Waals surface area contributed by atoms with Crippen molar-refractivity contribution >= 4 is 64.0 Å². The van der Waals surface area contributed by atoms with Crippen LogP contribution in [0.1, 0.15) is 22.5 Å². The van der Waals surface area contributed by atoms with E-state index in [4.69, 9.17) is 26.8 Å². The lowest BCUT2D eigenvalue weighted by Crippen LogP contribution is -2.43. The Kier molecular flexibility index (Phi) is 9.51. The molecule has 14 heteroatoms. The molecule has 0 unspecified atom stereocenters. The number of carbonyl (C=O) groups is 5. The van der Waals surface area contributed by atoms with Crippen LogP contribution in [0.4, 0.5) is 16.2 Å². The summed E-state index contributed by atoms with van der Waals surface area (Å²) in [5, 5.41) is 2.58. The quantitative estimate of drug-likeness (QED) is 0.404. The zero-order chi connectivity index (χ0) is 27.9. The average Bonchev–Trinajstić information content (AvgIpc) is 3.54. The minimum Gasteiger partial charge on any atom is -0.442 e. The van der Waals surface area contributed by atoms with Crippen LogP contribution in [-0.2, 0) is 23.9 Å². The zero-order valence-electron chi connectivity index (χ0n) is 21.0. The van der Waals surface area contributed by atoms with Crippen LogP contribution in [0.5, 0.6) is 0 Å². The fourth-order valence-corrected chi connectivity index (χ4v) is 5.16. The number of carbonyl (C=O) groups excluding carboxylic acids is 5. The Morgan fingerprint density at radius 1 is 1.10 bits per heavy atom. The van der Waals surface area contributed by atoms with Crippen molar-refractivity contribution in [1.82, 2.24) is 10.2 Å². The van der Waals surface area contributed by atoms with Crippen LogP contribution in [0.25, 0.3) is 0 Å². The third-order valence-electron chi connectivity index (χ3n) is 6.12. The molecule has 0 spiro atoms. The van der Waals surface area contributed by atoms with Gasteiger partial charge in [-0.15, -0.1) is 11.3 Å². The molecular formula is C25H28ClN5O7S. The van der Waals surface area contributed by atoms with Crippen LogP contribution >= 0.6 is 22.9 Å². The van der Waals surface area contributed by atoms with Crippen LogP contribution in [0.3, 0.4) is 0 Å². The van der Waals surface area contributed by atoms with Crippen molar-refractivity contribution in [3.05, 3.63) is 45.6 Å². The maximum Gasteiger partial charge on any atom is 0.414 e. The van der Waals surface area contributed by atoms with Gasteiger partial charge in [0.2, 0.25) is 11.8 Å². The summed E-state index contributed by atoms with van der Waals surface area (Å²) in [6.07, 6.45) is -1.09. The topological polar surface area (TPSA) is 152 Å². The number of hydrogen-bond donors (Lipinski definition) is 2. The summed E-state index contributed by atoms with van der Waals surface area (Å²) in [6, 6.07) is 9.99.